The van der Waals surface area contributed by atoms with E-state index >= 15 is 0 Å². The molecule has 2 N–H and O–H groups in total. The molecule has 0 bridgehead atoms. The van der Waals surface area contributed by atoms with Crippen LogP contribution in [0.1, 0.15) is 45.4 Å². The molecule has 0 unspecified atom stereocenters. The predicted molar refractivity (Wildman–Crippen MR) is 62.7 cm³/mol. The van der Waals surface area contributed by atoms with E-state index in [-0.39, 0.29) is 5.91 Å². The van der Waals surface area contributed by atoms with Gasteiger partial charge >= 0.3 is 0 Å². The molecule has 3 nitrogen and oxygen atoms in total. The van der Waals surface area contributed by atoms with Crippen molar-refractivity contribution >= 4 is 5.91 Å². The Hall–Kier alpha value is -0.570. The number of piperidine rings is 1. The van der Waals surface area contributed by atoms with Gasteiger partial charge in [0.1, 0.15) is 0 Å². The number of nitrogens with one attached hydrogen (secondary N) is 2. The second-order valence-electron chi connectivity index (χ2n) is 4.44. The molecule has 1 heterocycles. The molecule has 0 aliphatic carbocycles. The van der Waals surface area contributed by atoms with Crippen LogP contribution in [0.25, 0.3) is 0 Å². The average molecular weight is 212 g/mol. The van der Waals surface area contributed by atoms with Gasteiger partial charge in [-0.2, -0.15) is 0 Å². The van der Waals surface area contributed by atoms with Crippen molar-refractivity contribution in [1.29, 1.82) is 0 Å². The molecule has 1 saturated heterocycles. The lowest BCUT2D eigenvalue weighted by Crippen LogP contribution is -2.29. The molecule has 3 heteroatoms. The van der Waals surface area contributed by atoms with Crippen LogP contribution < -0.4 is 10.6 Å². The molecule has 1 aliphatic heterocycles. The van der Waals surface area contributed by atoms with Gasteiger partial charge in [0.25, 0.3) is 0 Å². The fourth-order valence-electron chi connectivity index (χ4n) is 2.00. The molecular formula is C12H24N2O. The number of carbonyl (C=O) groups excluding carboxylic acids is 1. The van der Waals surface area contributed by atoms with E-state index in [0.29, 0.717) is 6.42 Å². The van der Waals surface area contributed by atoms with Crippen LogP contribution in [0, 0.1) is 5.92 Å². The first kappa shape index (κ1) is 12.5. The summed E-state index contributed by atoms with van der Waals surface area (Å²) in [5, 5.41) is 6.31. The third kappa shape index (κ3) is 5.78. The van der Waals surface area contributed by atoms with Crippen LogP contribution in [0.5, 0.6) is 0 Å². The highest BCUT2D eigenvalue weighted by Crippen LogP contribution is 2.17. The third-order valence-electron chi connectivity index (χ3n) is 3.09. The number of hydrogen-bond acceptors (Lipinski definition) is 2. The van der Waals surface area contributed by atoms with Crippen molar-refractivity contribution in [3.8, 4) is 0 Å². The summed E-state index contributed by atoms with van der Waals surface area (Å²) in [6.45, 7) is 5.24. The molecule has 1 fully saturated rings. The summed E-state index contributed by atoms with van der Waals surface area (Å²) in [5.41, 5.74) is 0. The highest BCUT2D eigenvalue weighted by atomic mass is 16.1. The quantitative estimate of drug-likeness (QED) is 0.658. The van der Waals surface area contributed by atoms with Gasteiger partial charge in [0.2, 0.25) is 5.91 Å². The van der Waals surface area contributed by atoms with Crippen LogP contribution in [0.3, 0.4) is 0 Å². The van der Waals surface area contributed by atoms with Gasteiger partial charge in [-0.05, 0) is 44.7 Å². The lowest BCUT2D eigenvalue weighted by Gasteiger charge is -2.22. The number of hydrogen-bond donors (Lipinski definition) is 2. The largest absolute Gasteiger partial charge is 0.356 e. The first-order valence-corrected chi connectivity index (χ1v) is 6.30. The van der Waals surface area contributed by atoms with Crippen LogP contribution in [-0.4, -0.2) is 25.5 Å². The minimum atomic E-state index is 0.238. The molecule has 88 valence electrons. The Morgan fingerprint density at radius 2 is 2.13 bits per heavy atom. The molecule has 0 atom stereocenters. The van der Waals surface area contributed by atoms with Crippen LogP contribution >= 0.6 is 0 Å². The second kappa shape index (κ2) is 7.69. The summed E-state index contributed by atoms with van der Waals surface area (Å²) in [6.07, 6.45) is 6.51. The maximum Gasteiger partial charge on any atom is 0.220 e. The van der Waals surface area contributed by atoms with Gasteiger partial charge < -0.3 is 10.6 Å². The maximum atomic E-state index is 11.4. The molecule has 0 aromatic rings. The zero-order valence-electron chi connectivity index (χ0n) is 9.85. The van der Waals surface area contributed by atoms with E-state index in [2.05, 4.69) is 17.6 Å². The standard InChI is InChI=1S/C12H24N2O/c1-2-3-8-14-12(15)5-4-11-6-9-13-10-7-11/h11,13H,2-10H2,1H3,(H,14,15). The SMILES string of the molecule is CCCCNC(=O)CCC1CCNCC1. The van der Waals surface area contributed by atoms with Crippen molar-refractivity contribution in [2.24, 2.45) is 5.92 Å². The van der Waals surface area contributed by atoms with E-state index in [1.807, 2.05) is 0 Å². The van der Waals surface area contributed by atoms with Crippen molar-refractivity contribution in [2.45, 2.75) is 45.4 Å². The molecular weight excluding hydrogens is 188 g/mol. The molecule has 0 aromatic heterocycles. The topological polar surface area (TPSA) is 41.1 Å². The minimum absolute atomic E-state index is 0.238. The highest BCUT2D eigenvalue weighted by molar-refractivity contribution is 5.75. The normalized spacial score (nSPS) is 17.7. The number of carbonyl (C=O) groups is 1. The van der Waals surface area contributed by atoms with E-state index in [9.17, 15) is 4.79 Å². The third-order valence-corrected chi connectivity index (χ3v) is 3.09. The minimum Gasteiger partial charge on any atom is -0.356 e. The number of amides is 1. The fraction of sp³-hybridized carbons (Fsp3) is 0.917. The first-order chi connectivity index (χ1) is 7.33. The monoisotopic (exact) mass is 212 g/mol. The lowest BCUT2D eigenvalue weighted by molar-refractivity contribution is -0.121. The lowest BCUT2D eigenvalue weighted by atomic mass is 9.93. The van der Waals surface area contributed by atoms with E-state index in [1.165, 1.54) is 12.8 Å². The van der Waals surface area contributed by atoms with E-state index in [0.717, 1.165) is 44.8 Å². The molecule has 1 amide bonds. The van der Waals surface area contributed by atoms with Crippen molar-refractivity contribution in [1.82, 2.24) is 10.6 Å². The highest BCUT2D eigenvalue weighted by Gasteiger charge is 2.13. The number of unbranched alkanes of at least 4 members (excludes halogenated alkanes) is 1. The van der Waals surface area contributed by atoms with Crippen LogP contribution in [0.15, 0.2) is 0 Å². The predicted octanol–water partition coefficient (Wildman–Crippen LogP) is 1.68. The van der Waals surface area contributed by atoms with Gasteiger partial charge in [0.15, 0.2) is 0 Å². The average Bonchev–Trinajstić information content (AvgIpc) is 2.28. The van der Waals surface area contributed by atoms with Gasteiger partial charge in [-0.1, -0.05) is 13.3 Å². The second-order valence-corrected chi connectivity index (χ2v) is 4.44. The molecule has 1 rings (SSSR count). The van der Waals surface area contributed by atoms with Crippen molar-refractivity contribution in [3.63, 3.8) is 0 Å². The first-order valence-electron chi connectivity index (χ1n) is 6.30. The van der Waals surface area contributed by atoms with Gasteiger partial charge in [0, 0.05) is 13.0 Å². The zero-order chi connectivity index (χ0) is 10.9. The molecule has 15 heavy (non-hydrogen) atoms. The van der Waals surface area contributed by atoms with Crippen LogP contribution in [0.4, 0.5) is 0 Å². The van der Waals surface area contributed by atoms with Crippen molar-refractivity contribution in [2.75, 3.05) is 19.6 Å². The van der Waals surface area contributed by atoms with Gasteiger partial charge in [0.05, 0.1) is 0 Å². The Morgan fingerprint density at radius 1 is 1.40 bits per heavy atom. The smallest absolute Gasteiger partial charge is 0.220 e. The Bertz CT molecular complexity index is 176. The summed E-state index contributed by atoms with van der Waals surface area (Å²) < 4.78 is 0. The van der Waals surface area contributed by atoms with Gasteiger partial charge in [-0.3, -0.25) is 4.79 Å². The summed E-state index contributed by atoms with van der Waals surface area (Å²) in [5.74, 6) is 1.00. The Kier molecular flexibility index (Phi) is 6.41. The van der Waals surface area contributed by atoms with Crippen molar-refractivity contribution in [3.05, 3.63) is 0 Å². The van der Waals surface area contributed by atoms with E-state index in [4.69, 9.17) is 0 Å². The van der Waals surface area contributed by atoms with Crippen LogP contribution in [-0.2, 0) is 4.79 Å². The Labute approximate surface area is 93.0 Å². The summed E-state index contributed by atoms with van der Waals surface area (Å²) >= 11 is 0. The summed E-state index contributed by atoms with van der Waals surface area (Å²) in [4.78, 5) is 11.4. The molecule has 0 spiro atoms. The fourth-order valence-corrected chi connectivity index (χ4v) is 2.00. The van der Waals surface area contributed by atoms with E-state index < -0.39 is 0 Å². The number of rotatable bonds is 6. The summed E-state index contributed by atoms with van der Waals surface area (Å²) in [6, 6.07) is 0. The molecule has 0 saturated carbocycles. The van der Waals surface area contributed by atoms with E-state index in [1.54, 1.807) is 0 Å². The molecule has 0 radical (unpaired) electrons. The molecule has 0 aromatic carbocycles. The molecule has 1 aliphatic rings. The maximum absolute atomic E-state index is 11.4. The van der Waals surface area contributed by atoms with Gasteiger partial charge in [-0.25, -0.2) is 0 Å². The van der Waals surface area contributed by atoms with Crippen LogP contribution in [0.2, 0.25) is 0 Å². The Balaban J connectivity index is 2.00. The Morgan fingerprint density at radius 3 is 2.80 bits per heavy atom. The van der Waals surface area contributed by atoms with Gasteiger partial charge in [-0.15, -0.1) is 0 Å². The summed E-state index contributed by atoms with van der Waals surface area (Å²) in [7, 11) is 0. The zero-order valence-corrected chi connectivity index (χ0v) is 9.85. The van der Waals surface area contributed by atoms with Crippen molar-refractivity contribution < 1.29 is 4.79 Å².